The van der Waals surface area contributed by atoms with Crippen molar-refractivity contribution in [3.05, 3.63) is 0 Å². The molecule has 3 unspecified atom stereocenters. The predicted molar refractivity (Wildman–Crippen MR) is 75.1 cm³/mol. The summed E-state index contributed by atoms with van der Waals surface area (Å²) >= 11 is 1.60. The van der Waals surface area contributed by atoms with Crippen molar-refractivity contribution in [1.29, 1.82) is 0 Å². The summed E-state index contributed by atoms with van der Waals surface area (Å²) in [7, 11) is 0. The van der Waals surface area contributed by atoms with Gasteiger partial charge < -0.3 is 15.3 Å². The van der Waals surface area contributed by atoms with Gasteiger partial charge in [-0.25, -0.2) is 4.79 Å². The first kappa shape index (κ1) is 14.7. The molecular formula is C13H22N2O3S. The predicted octanol–water partition coefficient (Wildman–Crippen LogP) is 1.28. The lowest BCUT2D eigenvalue weighted by molar-refractivity contribution is -0.150. The molecule has 0 aromatic carbocycles. The molecule has 2 heterocycles. The molecule has 6 heteroatoms. The van der Waals surface area contributed by atoms with Gasteiger partial charge in [-0.1, -0.05) is 19.8 Å². The lowest BCUT2D eigenvalue weighted by Gasteiger charge is -2.32. The summed E-state index contributed by atoms with van der Waals surface area (Å²) in [5.41, 5.74) is 0. The van der Waals surface area contributed by atoms with Crippen LogP contribution in [-0.2, 0) is 9.59 Å². The van der Waals surface area contributed by atoms with Crippen LogP contribution < -0.4 is 5.32 Å². The zero-order chi connectivity index (χ0) is 13.8. The van der Waals surface area contributed by atoms with Gasteiger partial charge in [-0.3, -0.25) is 4.79 Å². The largest absolute Gasteiger partial charge is 0.480 e. The quantitative estimate of drug-likeness (QED) is 0.815. The molecule has 2 saturated heterocycles. The van der Waals surface area contributed by atoms with Gasteiger partial charge in [0.1, 0.15) is 6.04 Å². The highest BCUT2D eigenvalue weighted by Crippen LogP contribution is 2.33. The number of nitrogens with one attached hydrogen (secondary N) is 1. The number of nitrogens with zero attached hydrogens (tertiary/aromatic N) is 1. The first-order chi connectivity index (χ1) is 9.15. The number of carbonyl (C=O) groups is 2. The summed E-state index contributed by atoms with van der Waals surface area (Å²) in [5, 5.41) is 12.5. The summed E-state index contributed by atoms with van der Waals surface area (Å²) in [5.74, 6) is -0.385. The Morgan fingerprint density at radius 3 is 2.79 bits per heavy atom. The lowest BCUT2D eigenvalue weighted by atomic mass is 10.0. The molecule has 2 N–H and O–H groups in total. The molecule has 0 bridgehead atoms. The zero-order valence-electron chi connectivity index (χ0n) is 11.3. The van der Waals surface area contributed by atoms with Crippen LogP contribution >= 0.6 is 11.8 Å². The SMILES string of the molecule is CCCC1SCC(C(=O)O)N1C(=O)C1CCCCN1. The Hall–Kier alpha value is -0.750. The molecule has 2 fully saturated rings. The van der Waals surface area contributed by atoms with Crippen LogP contribution in [0.15, 0.2) is 0 Å². The van der Waals surface area contributed by atoms with E-state index in [9.17, 15) is 14.7 Å². The van der Waals surface area contributed by atoms with Gasteiger partial charge in [0.2, 0.25) is 5.91 Å². The van der Waals surface area contributed by atoms with E-state index in [0.29, 0.717) is 5.75 Å². The molecule has 0 aromatic heterocycles. The molecular weight excluding hydrogens is 264 g/mol. The molecule has 108 valence electrons. The van der Waals surface area contributed by atoms with Crippen LogP contribution in [0.25, 0.3) is 0 Å². The van der Waals surface area contributed by atoms with Gasteiger partial charge in [-0.15, -0.1) is 11.8 Å². The fraction of sp³-hybridized carbons (Fsp3) is 0.846. The van der Waals surface area contributed by atoms with Crippen LogP contribution in [0.3, 0.4) is 0 Å². The van der Waals surface area contributed by atoms with E-state index < -0.39 is 12.0 Å². The van der Waals surface area contributed by atoms with Crippen molar-refractivity contribution in [1.82, 2.24) is 10.2 Å². The molecule has 0 spiro atoms. The van der Waals surface area contributed by atoms with Crippen LogP contribution in [0.2, 0.25) is 0 Å². The van der Waals surface area contributed by atoms with Crippen molar-refractivity contribution in [3.63, 3.8) is 0 Å². The number of hydrogen-bond acceptors (Lipinski definition) is 4. The number of rotatable bonds is 4. The average Bonchev–Trinajstić information content (AvgIpc) is 2.83. The van der Waals surface area contributed by atoms with E-state index in [2.05, 4.69) is 12.2 Å². The van der Waals surface area contributed by atoms with Crippen molar-refractivity contribution in [2.75, 3.05) is 12.3 Å². The summed E-state index contributed by atoms with van der Waals surface area (Å²) in [6.45, 7) is 2.92. The van der Waals surface area contributed by atoms with Crippen molar-refractivity contribution in [3.8, 4) is 0 Å². The third-order valence-electron chi connectivity index (χ3n) is 3.78. The first-order valence-electron chi connectivity index (χ1n) is 7.05. The van der Waals surface area contributed by atoms with Crippen molar-refractivity contribution >= 4 is 23.6 Å². The summed E-state index contributed by atoms with van der Waals surface area (Å²) in [6.07, 6.45) is 4.80. The Morgan fingerprint density at radius 2 is 2.21 bits per heavy atom. The highest BCUT2D eigenvalue weighted by Gasteiger charge is 2.43. The van der Waals surface area contributed by atoms with Gasteiger partial charge in [-0.05, 0) is 25.8 Å². The number of piperidine rings is 1. The van der Waals surface area contributed by atoms with E-state index >= 15 is 0 Å². The Morgan fingerprint density at radius 1 is 1.42 bits per heavy atom. The van der Waals surface area contributed by atoms with Gasteiger partial charge >= 0.3 is 5.97 Å². The van der Waals surface area contributed by atoms with Gasteiger partial charge in [0, 0.05) is 5.75 Å². The van der Waals surface area contributed by atoms with Gasteiger partial charge in [-0.2, -0.15) is 0 Å². The maximum atomic E-state index is 12.6. The second-order valence-corrected chi connectivity index (χ2v) is 6.39. The molecule has 2 aliphatic rings. The number of aliphatic carboxylic acids is 1. The minimum absolute atomic E-state index is 0.0180. The minimum Gasteiger partial charge on any atom is -0.480 e. The van der Waals surface area contributed by atoms with E-state index in [0.717, 1.165) is 38.6 Å². The summed E-state index contributed by atoms with van der Waals surface area (Å²) in [6, 6.07) is -0.841. The molecule has 19 heavy (non-hydrogen) atoms. The van der Waals surface area contributed by atoms with Crippen LogP contribution in [0.4, 0.5) is 0 Å². The molecule has 2 aliphatic heterocycles. The number of amides is 1. The summed E-state index contributed by atoms with van der Waals surface area (Å²) < 4.78 is 0. The van der Waals surface area contributed by atoms with Crippen LogP contribution in [0, 0.1) is 0 Å². The fourth-order valence-corrected chi connectivity index (χ4v) is 4.28. The van der Waals surface area contributed by atoms with Crippen LogP contribution in [0.5, 0.6) is 0 Å². The molecule has 2 rings (SSSR count). The van der Waals surface area contributed by atoms with Crippen LogP contribution in [0.1, 0.15) is 39.0 Å². The third-order valence-corrected chi connectivity index (χ3v) is 5.13. The number of hydrogen-bond donors (Lipinski definition) is 2. The molecule has 3 atom stereocenters. The first-order valence-corrected chi connectivity index (χ1v) is 8.10. The van der Waals surface area contributed by atoms with E-state index in [4.69, 9.17) is 0 Å². The third kappa shape index (κ3) is 3.23. The van der Waals surface area contributed by atoms with E-state index in [1.807, 2.05) is 0 Å². The zero-order valence-corrected chi connectivity index (χ0v) is 12.1. The molecule has 0 aliphatic carbocycles. The lowest BCUT2D eigenvalue weighted by Crippen LogP contribution is -2.54. The highest BCUT2D eigenvalue weighted by atomic mass is 32.2. The van der Waals surface area contributed by atoms with Gasteiger partial charge in [0.15, 0.2) is 0 Å². The topological polar surface area (TPSA) is 69.6 Å². The maximum absolute atomic E-state index is 12.6. The van der Waals surface area contributed by atoms with E-state index in [1.165, 1.54) is 0 Å². The Bertz CT molecular complexity index is 345. The normalized spacial score (nSPS) is 31.4. The van der Waals surface area contributed by atoms with Crippen molar-refractivity contribution in [2.24, 2.45) is 0 Å². The number of carbonyl (C=O) groups excluding carboxylic acids is 1. The maximum Gasteiger partial charge on any atom is 0.327 e. The number of carboxylic acids is 1. The second-order valence-electron chi connectivity index (χ2n) is 5.18. The second kappa shape index (κ2) is 6.61. The molecule has 0 radical (unpaired) electrons. The molecule has 5 nitrogen and oxygen atoms in total. The van der Waals surface area contributed by atoms with Gasteiger partial charge in [0.25, 0.3) is 0 Å². The minimum atomic E-state index is -0.879. The van der Waals surface area contributed by atoms with Crippen LogP contribution in [-0.4, -0.2) is 51.6 Å². The molecule has 0 saturated carbocycles. The smallest absolute Gasteiger partial charge is 0.327 e. The van der Waals surface area contributed by atoms with E-state index in [1.54, 1.807) is 16.7 Å². The average molecular weight is 286 g/mol. The number of carboxylic acid groups (broad SMARTS) is 1. The van der Waals surface area contributed by atoms with E-state index in [-0.39, 0.29) is 17.3 Å². The Kier molecular flexibility index (Phi) is 5.10. The Balaban J connectivity index is 2.10. The number of thioether (sulfide) groups is 1. The fourth-order valence-electron chi connectivity index (χ4n) is 2.76. The molecule has 1 amide bonds. The monoisotopic (exact) mass is 286 g/mol. The van der Waals surface area contributed by atoms with Crippen molar-refractivity contribution < 1.29 is 14.7 Å². The van der Waals surface area contributed by atoms with Gasteiger partial charge in [0.05, 0.1) is 11.4 Å². The van der Waals surface area contributed by atoms with Crippen molar-refractivity contribution in [2.45, 2.75) is 56.5 Å². The standard InChI is InChI=1S/C13H22N2O3S/c1-2-5-11-15(10(8-19-11)13(17)18)12(16)9-6-3-4-7-14-9/h9-11,14H,2-8H2,1H3,(H,17,18). The highest BCUT2D eigenvalue weighted by molar-refractivity contribution is 8.00. The summed E-state index contributed by atoms with van der Waals surface area (Å²) in [4.78, 5) is 25.5. The molecule has 0 aromatic rings. The Labute approximate surface area is 118 Å².